The number of rotatable bonds is 11. The van der Waals surface area contributed by atoms with E-state index in [2.05, 4.69) is 6.92 Å². The van der Waals surface area contributed by atoms with Gasteiger partial charge in [0.2, 0.25) is 0 Å². The van der Waals surface area contributed by atoms with Gasteiger partial charge in [0, 0.05) is 6.07 Å². The third-order valence-electron chi connectivity index (χ3n) is 3.86. The van der Waals surface area contributed by atoms with E-state index in [1.807, 2.05) is 0 Å². The monoisotopic (exact) mass is 292 g/mol. The number of carboxylic acid groups (broad SMARTS) is 1. The second-order valence-corrected chi connectivity index (χ2v) is 5.63. The number of hydrogen-bond acceptors (Lipinski definition) is 3. The number of anilines is 1. The maximum Gasteiger partial charge on any atom is 0.272 e. The summed E-state index contributed by atoms with van der Waals surface area (Å²) < 4.78 is 1.59. The molecule has 4 heteroatoms. The molecule has 0 spiro atoms. The quantitative estimate of drug-likeness (QED) is 0.503. The Morgan fingerprint density at radius 1 is 1.14 bits per heavy atom. The molecule has 2 N–H and O–H groups in total. The van der Waals surface area contributed by atoms with E-state index in [-0.39, 0.29) is 0 Å². The predicted octanol–water partition coefficient (Wildman–Crippen LogP) is 2.38. The van der Waals surface area contributed by atoms with Crippen LogP contribution in [-0.2, 0) is 4.79 Å². The van der Waals surface area contributed by atoms with E-state index in [0.717, 1.165) is 12.8 Å². The molecule has 0 radical (unpaired) electrons. The van der Waals surface area contributed by atoms with Gasteiger partial charge in [0.25, 0.3) is 5.82 Å². The number of aromatic nitrogens is 1. The first kappa shape index (κ1) is 17.5. The molecule has 1 atom stereocenters. The highest BCUT2D eigenvalue weighted by atomic mass is 16.4. The molecule has 118 valence electrons. The standard InChI is InChI=1S/C17H28N2O2/c1-2-3-4-5-6-7-8-9-12-15(17(20)21)19-14-11-10-13-16(19)18/h10-11,13-15,18H,2-9,12H2,1H3,(H,20,21). The minimum Gasteiger partial charge on any atom is -0.546 e. The number of unbranched alkanes of at least 4 members (excludes halogenated alkanes) is 7. The predicted molar refractivity (Wildman–Crippen MR) is 82.3 cm³/mol. The molecular weight excluding hydrogens is 264 g/mol. The van der Waals surface area contributed by atoms with E-state index in [1.165, 1.54) is 38.5 Å². The Balaban J connectivity index is 2.30. The van der Waals surface area contributed by atoms with Gasteiger partial charge in [0.1, 0.15) is 6.04 Å². The first-order valence-electron chi connectivity index (χ1n) is 8.13. The average molecular weight is 292 g/mol. The number of carbonyl (C=O) groups excluding carboxylic acids is 1. The normalized spacial score (nSPS) is 12.2. The van der Waals surface area contributed by atoms with Gasteiger partial charge >= 0.3 is 0 Å². The molecule has 1 rings (SSSR count). The molecule has 1 heterocycles. The van der Waals surface area contributed by atoms with Crippen molar-refractivity contribution < 1.29 is 14.5 Å². The summed E-state index contributed by atoms with van der Waals surface area (Å²) in [6.45, 7) is 2.22. The van der Waals surface area contributed by atoms with Gasteiger partial charge in [0.05, 0.1) is 12.2 Å². The van der Waals surface area contributed by atoms with Gasteiger partial charge in [-0.15, -0.1) is 0 Å². The Morgan fingerprint density at radius 2 is 1.76 bits per heavy atom. The maximum atomic E-state index is 11.3. The summed E-state index contributed by atoms with van der Waals surface area (Å²) in [5, 5.41) is 11.3. The Kier molecular flexibility index (Phi) is 8.48. The Bertz CT molecular complexity index is 421. The lowest BCUT2D eigenvalue weighted by atomic mass is 10.0. The van der Waals surface area contributed by atoms with E-state index < -0.39 is 12.0 Å². The molecule has 1 unspecified atom stereocenters. The maximum absolute atomic E-state index is 11.3. The molecule has 0 amide bonds. The van der Waals surface area contributed by atoms with Crippen LogP contribution in [0.15, 0.2) is 24.4 Å². The van der Waals surface area contributed by atoms with Crippen LogP contribution in [0.5, 0.6) is 0 Å². The van der Waals surface area contributed by atoms with Gasteiger partial charge < -0.3 is 9.90 Å². The van der Waals surface area contributed by atoms with E-state index in [0.29, 0.717) is 12.2 Å². The molecular formula is C17H28N2O2. The minimum atomic E-state index is -1.05. The van der Waals surface area contributed by atoms with E-state index in [4.69, 9.17) is 5.73 Å². The summed E-state index contributed by atoms with van der Waals surface area (Å²) in [5.41, 5.74) is 5.83. The SMILES string of the molecule is CCCCCCCCCCC(C(=O)[O-])[n+]1ccccc1N. The topological polar surface area (TPSA) is 70.0 Å². The zero-order chi connectivity index (χ0) is 15.5. The Labute approximate surface area is 128 Å². The number of nitrogen functional groups attached to an aromatic ring is 1. The lowest BCUT2D eigenvalue weighted by Crippen LogP contribution is -2.50. The van der Waals surface area contributed by atoms with Gasteiger partial charge in [-0.1, -0.05) is 57.9 Å². The summed E-state index contributed by atoms with van der Waals surface area (Å²) in [6, 6.07) is 4.64. The fraction of sp³-hybridized carbons (Fsp3) is 0.647. The molecule has 1 aromatic heterocycles. The van der Waals surface area contributed by atoms with Crippen molar-refractivity contribution in [3.05, 3.63) is 24.4 Å². The van der Waals surface area contributed by atoms with Gasteiger partial charge in [-0.3, -0.25) is 5.73 Å². The number of aliphatic carboxylic acids is 1. The second kappa shape index (κ2) is 10.2. The van der Waals surface area contributed by atoms with Gasteiger partial charge in [0.15, 0.2) is 0 Å². The number of nitrogens with two attached hydrogens (primary N) is 1. The fourth-order valence-corrected chi connectivity index (χ4v) is 2.59. The average Bonchev–Trinajstić information content (AvgIpc) is 2.46. The minimum absolute atomic E-state index is 0.464. The van der Waals surface area contributed by atoms with Crippen LogP contribution in [0, 0.1) is 0 Å². The number of pyridine rings is 1. The van der Waals surface area contributed by atoms with Crippen molar-refractivity contribution in [2.45, 2.75) is 70.8 Å². The molecule has 1 aromatic rings. The summed E-state index contributed by atoms with van der Waals surface area (Å²) >= 11 is 0. The van der Waals surface area contributed by atoms with E-state index in [9.17, 15) is 9.90 Å². The number of carboxylic acids is 1. The van der Waals surface area contributed by atoms with Crippen molar-refractivity contribution in [3.8, 4) is 0 Å². The van der Waals surface area contributed by atoms with E-state index >= 15 is 0 Å². The van der Waals surface area contributed by atoms with Crippen LogP contribution in [0.1, 0.15) is 70.8 Å². The third kappa shape index (κ3) is 6.61. The van der Waals surface area contributed by atoms with Crippen molar-refractivity contribution in [1.82, 2.24) is 0 Å². The summed E-state index contributed by atoms with van der Waals surface area (Å²) in [7, 11) is 0. The molecule has 0 aliphatic carbocycles. The molecule has 0 bridgehead atoms. The van der Waals surface area contributed by atoms with Crippen LogP contribution >= 0.6 is 0 Å². The molecule has 0 saturated carbocycles. The smallest absolute Gasteiger partial charge is 0.272 e. The molecule has 4 nitrogen and oxygen atoms in total. The third-order valence-corrected chi connectivity index (χ3v) is 3.86. The van der Waals surface area contributed by atoms with Crippen LogP contribution < -0.4 is 15.4 Å². The molecule has 0 fully saturated rings. The molecule has 0 aromatic carbocycles. The molecule has 21 heavy (non-hydrogen) atoms. The lowest BCUT2D eigenvalue weighted by molar-refractivity contribution is -0.703. The van der Waals surface area contributed by atoms with Crippen LogP contribution in [0.4, 0.5) is 5.82 Å². The number of nitrogens with zero attached hydrogens (tertiary/aromatic N) is 1. The summed E-state index contributed by atoms with van der Waals surface area (Å²) in [6.07, 6.45) is 11.9. The Morgan fingerprint density at radius 3 is 2.33 bits per heavy atom. The molecule has 0 aliphatic heterocycles. The van der Waals surface area contributed by atoms with Gasteiger partial charge in [-0.2, -0.15) is 0 Å². The number of hydrogen-bond donors (Lipinski definition) is 1. The van der Waals surface area contributed by atoms with Crippen LogP contribution in [0.2, 0.25) is 0 Å². The highest BCUT2D eigenvalue weighted by Crippen LogP contribution is 2.14. The number of carbonyl (C=O) groups is 1. The summed E-state index contributed by atoms with van der Waals surface area (Å²) in [4.78, 5) is 11.3. The molecule has 0 aliphatic rings. The summed E-state index contributed by atoms with van der Waals surface area (Å²) in [5.74, 6) is -0.591. The zero-order valence-electron chi connectivity index (χ0n) is 13.1. The van der Waals surface area contributed by atoms with Gasteiger partial charge in [-0.05, 0) is 18.9 Å². The van der Waals surface area contributed by atoms with Crippen molar-refractivity contribution in [2.75, 3.05) is 5.73 Å². The van der Waals surface area contributed by atoms with Crippen molar-refractivity contribution in [1.29, 1.82) is 0 Å². The fourth-order valence-electron chi connectivity index (χ4n) is 2.59. The highest BCUT2D eigenvalue weighted by molar-refractivity contribution is 5.67. The first-order valence-corrected chi connectivity index (χ1v) is 8.13. The van der Waals surface area contributed by atoms with Crippen LogP contribution in [-0.4, -0.2) is 5.97 Å². The van der Waals surface area contributed by atoms with E-state index in [1.54, 1.807) is 29.0 Å². The van der Waals surface area contributed by atoms with Crippen molar-refractivity contribution in [3.63, 3.8) is 0 Å². The Hall–Kier alpha value is -1.58. The first-order chi connectivity index (χ1) is 10.2. The highest BCUT2D eigenvalue weighted by Gasteiger charge is 2.18. The van der Waals surface area contributed by atoms with Crippen LogP contribution in [0.3, 0.4) is 0 Å². The van der Waals surface area contributed by atoms with Crippen LogP contribution in [0.25, 0.3) is 0 Å². The largest absolute Gasteiger partial charge is 0.546 e. The second-order valence-electron chi connectivity index (χ2n) is 5.63. The van der Waals surface area contributed by atoms with Crippen molar-refractivity contribution >= 4 is 11.8 Å². The van der Waals surface area contributed by atoms with Crippen molar-refractivity contribution in [2.24, 2.45) is 0 Å². The zero-order valence-corrected chi connectivity index (χ0v) is 13.1. The lowest BCUT2D eigenvalue weighted by Gasteiger charge is -2.17. The molecule has 0 saturated heterocycles. The van der Waals surface area contributed by atoms with Gasteiger partial charge in [-0.25, -0.2) is 4.57 Å².